The predicted molar refractivity (Wildman–Crippen MR) is 86.6 cm³/mol. The van der Waals surface area contributed by atoms with E-state index in [1.807, 2.05) is 23.3 Å². The van der Waals surface area contributed by atoms with Gasteiger partial charge in [0, 0.05) is 33.3 Å². The summed E-state index contributed by atoms with van der Waals surface area (Å²) in [5.74, 6) is 0.170. The van der Waals surface area contributed by atoms with Gasteiger partial charge in [-0.15, -0.1) is 11.3 Å². The van der Waals surface area contributed by atoms with Crippen LogP contribution in [0.2, 0.25) is 0 Å². The number of hydrogen-bond donors (Lipinski definition) is 0. The number of ether oxygens (including phenoxy) is 2. The second kappa shape index (κ2) is 7.08. The van der Waals surface area contributed by atoms with Crippen LogP contribution in [0.5, 0.6) is 0 Å². The van der Waals surface area contributed by atoms with Gasteiger partial charge in [-0.3, -0.25) is 9.69 Å². The molecule has 0 aliphatic carbocycles. The van der Waals surface area contributed by atoms with E-state index < -0.39 is 0 Å². The molecule has 2 atom stereocenters. The molecule has 0 spiro atoms. The number of morpholine rings is 1. The number of likely N-dealkylation sites (tertiary alicyclic amines) is 1. The van der Waals surface area contributed by atoms with Crippen molar-refractivity contribution in [3.8, 4) is 0 Å². The zero-order valence-electron chi connectivity index (χ0n) is 13.3. The summed E-state index contributed by atoms with van der Waals surface area (Å²) in [4.78, 5) is 18.0. The van der Waals surface area contributed by atoms with Crippen molar-refractivity contribution in [2.75, 3.05) is 46.5 Å². The van der Waals surface area contributed by atoms with Crippen molar-refractivity contribution in [1.82, 2.24) is 9.80 Å². The minimum absolute atomic E-state index is 0.170. The summed E-state index contributed by atoms with van der Waals surface area (Å²) in [7, 11) is 1.73. The molecule has 2 aliphatic rings. The number of methoxy groups -OCH3 is 1. The highest BCUT2D eigenvalue weighted by Gasteiger charge is 2.38. The summed E-state index contributed by atoms with van der Waals surface area (Å²) in [5.41, 5.74) is 1.08. The van der Waals surface area contributed by atoms with Crippen molar-refractivity contribution in [3.05, 3.63) is 21.9 Å². The molecule has 2 saturated heterocycles. The number of fused-ring (bicyclic) bond motifs is 1. The molecule has 2 fully saturated rings. The minimum Gasteiger partial charge on any atom is -0.383 e. The van der Waals surface area contributed by atoms with Gasteiger partial charge in [0.1, 0.15) is 0 Å². The molecule has 0 aromatic carbocycles. The Morgan fingerprint density at radius 1 is 1.50 bits per heavy atom. The monoisotopic (exact) mass is 324 g/mol. The summed E-state index contributed by atoms with van der Waals surface area (Å²) in [5, 5.41) is 1.99. The second-order valence-electron chi connectivity index (χ2n) is 5.98. The van der Waals surface area contributed by atoms with Gasteiger partial charge in [-0.05, 0) is 30.4 Å². The maximum atomic E-state index is 12.7. The van der Waals surface area contributed by atoms with Crippen LogP contribution in [0.25, 0.3) is 0 Å². The third-order valence-electron chi connectivity index (χ3n) is 4.63. The van der Waals surface area contributed by atoms with Crippen LogP contribution in [-0.2, 0) is 9.47 Å². The van der Waals surface area contributed by atoms with E-state index in [1.54, 1.807) is 7.11 Å². The van der Waals surface area contributed by atoms with Crippen molar-refractivity contribution in [2.24, 2.45) is 0 Å². The zero-order chi connectivity index (χ0) is 15.5. The Labute approximate surface area is 135 Å². The molecule has 1 amide bonds. The topological polar surface area (TPSA) is 42.0 Å². The second-order valence-corrected chi connectivity index (χ2v) is 6.89. The maximum Gasteiger partial charge on any atom is 0.264 e. The molecule has 0 N–H and O–H groups in total. The maximum absolute atomic E-state index is 12.7. The summed E-state index contributed by atoms with van der Waals surface area (Å²) < 4.78 is 11.1. The van der Waals surface area contributed by atoms with Crippen LogP contribution in [0.1, 0.15) is 21.7 Å². The Kier molecular flexibility index (Phi) is 5.13. The fraction of sp³-hybridized carbons (Fsp3) is 0.688. The summed E-state index contributed by atoms with van der Waals surface area (Å²) in [6.07, 6.45) is 1.17. The van der Waals surface area contributed by atoms with Gasteiger partial charge < -0.3 is 14.4 Å². The number of piperidine rings is 1. The van der Waals surface area contributed by atoms with Crippen LogP contribution in [0.3, 0.4) is 0 Å². The molecule has 0 bridgehead atoms. The Morgan fingerprint density at radius 2 is 2.36 bits per heavy atom. The summed E-state index contributed by atoms with van der Waals surface area (Å²) >= 11 is 1.54. The zero-order valence-corrected chi connectivity index (χ0v) is 14.1. The van der Waals surface area contributed by atoms with E-state index in [9.17, 15) is 4.79 Å². The van der Waals surface area contributed by atoms with Crippen LogP contribution < -0.4 is 0 Å². The number of carbonyl (C=O) groups is 1. The largest absolute Gasteiger partial charge is 0.383 e. The molecule has 5 nitrogen and oxygen atoms in total. The third-order valence-corrected chi connectivity index (χ3v) is 5.63. The van der Waals surface area contributed by atoms with Gasteiger partial charge in [0.2, 0.25) is 0 Å². The molecule has 3 heterocycles. The van der Waals surface area contributed by atoms with Gasteiger partial charge in [-0.1, -0.05) is 0 Å². The van der Waals surface area contributed by atoms with Crippen molar-refractivity contribution in [3.63, 3.8) is 0 Å². The number of aryl methyl sites for hydroxylation is 1. The Hall–Kier alpha value is -0.950. The molecule has 2 aliphatic heterocycles. The number of hydrogen-bond acceptors (Lipinski definition) is 5. The van der Waals surface area contributed by atoms with Crippen LogP contribution in [-0.4, -0.2) is 74.4 Å². The fourth-order valence-corrected chi connectivity index (χ4v) is 4.24. The normalized spacial score (nSPS) is 26.0. The van der Waals surface area contributed by atoms with Gasteiger partial charge in [0.25, 0.3) is 5.91 Å². The van der Waals surface area contributed by atoms with E-state index in [0.29, 0.717) is 6.04 Å². The quantitative estimate of drug-likeness (QED) is 0.844. The molecule has 6 heteroatoms. The lowest BCUT2D eigenvalue weighted by molar-refractivity contribution is -0.101. The van der Waals surface area contributed by atoms with E-state index in [2.05, 4.69) is 4.90 Å². The Morgan fingerprint density at radius 3 is 3.09 bits per heavy atom. The van der Waals surface area contributed by atoms with E-state index in [-0.39, 0.29) is 12.0 Å². The van der Waals surface area contributed by atoms with Crippen LogP contribution in [0.4, 0.5) is 0 Å². The molecule has 0 unspecified atom stereocenters. The highest BCUT2D eigenvalue weighted by atomic mass is 32.1. The predicted octanol–water partition coefficient (Wildman–Crippen LogP) is 1.62. The molecule has 0 saturated carbocycles. The highest BCUT2D eigenvalue weighted by Crippen LogP contribution is 2.26. The SMILES string of the molecule is COCCN1CCO[C@H]2CCN(C(=O)c3sccc3C)C[C@@H]21. The van der Waals surface area contributed by atoms with Crippen molar-refractivity contribution in [1.29, 1.82) is 0 Å². The standard InChI is InChI=1S/C16H24N2O3S/c1-12-4-10-22-15(12)16(19)18-5-3-14-13(11-18)17(6-8-20-2)7-9-21-14/h4,10,13-14H,3,5-9,11H2,1-2H3/t13-,14-/m0/s1. The summed E-state index contributed by atoms with van der Waals surface area (Å²) in [6, 6.07) is 2.31. The third kappa shape index (κ3) is 3.20. The molecule has 0 radical (unpaired) electrons. The first-order valence-corrected chi connectivity index (χ1v) is 8.76. The number of amides is 1. The highest BCUT2D eigenvalue weighted by molar-refractivity contribution is 7.12. The molecule has 1 aromatic rings. The number of rotatable bonds is 4. The molecule has 1 aromatic heterocycles. The lowest BCUT2D eigenvalue weighted by atomic mass is 9.98. The Balaban J connectivity index is 1.69. The van der Waals surface area contributed by atoms with Crippen molar-refractivity contribution >= 4 is 17.2 Å². The Bertz CT molecular complexity index is 519. The van der Waals surface area contributed by atoms with Gasteiger partial charge in [0.05, 0.1) is 30.2 Å². The van der Waals surface area contributed by atoms with Gasteiger partial charge in [-0.2, -0.15) is 0 Å². The minimum atomic E-state index is 0.170. The van der Waals surface area contributed by atoms with E-state index in [1.165, 1.54) is 11.3 Å². The van der Waals surface area contributed by atoms with Crippen LogP contribution >= 0.6 is 11.3 Å². The van der Waals surface area contributed by atoms with Gasteiger partial charge >= 0.3 is 0 Å². The molecule has 22 heavy (non-hydrogen) atoms. The molecule has 3 rings (SSSR count). The van der Waals surface area contributed by atoms with Gasteiger partial charge in [0.15, 0.2) is 0 Å². The van der Waals surface area contributed by atoms with E-state index >= 15 is 0 Å². The van der Waals surface area contributed by atoms with Crippen LogP contribution in [0.15, 0.2) is 11.4 Å². The molecular formula is C16H24N2O3S. The average molecular weight is 324 g/mol. The smallest absolute Gasteiger partial charge is 0.264 e. The molecular weight excluding hydrogens is 300 g/mol. The van der Waals surface area contributed by atoms with Crippen molar-refractivity contribution < 1.29 is 14.3 Å². The number of nitrogens with zero attached hydrogens (tertiary/aromatic N) is 2. The van der Waals surface area contributed by atoms with Crippen LogP contribution in [0, 0.1) is 6.92 Å². The van der Waals surface area contributed by atoms with Gasteiger partial charge in [-0.25, -0.2) is 0 Å². The average Bonchev–Trinajstić information content (AvgIpc) is 2.97. The fourth-order valence-electron chi connectivity index (χ4n) is 3.35. The first kappa shape index (κ1) is 15.9. The molecule has 122 valence electrons. The first-order chi connectivity index (χ1) is 10.7. The van der Waals surface area contributed by atoms with E-state index in [4.69, 9.17) is 9.47 Å². The number of carbonyl (C=O) groups excluding carboxylic acids is 1. The first-order valence-electron chi connectivity index (χ1n) is 7.88. The van der Waals surface area contributed by atoms with E-state index in [0.717, 1.165) is 56.3 Å². The summed E-state index contributed by atoms with van der Waals surface area (Å²) in [6.45, 7) is 6.88. The van der Waals surface area contributed by atoms with Crippen molar-refractivity contribution in [2.45, 2.75) is 25.5 Å². The number of thiophene rings is 1. The lowest BCUT2D eigenvalue weighted by Crippen LogP contribution is -2.61. The lowest BCUT2D eigenvalue weighted by Gasteiger charge is -2.47.